The third-order valence-electron chi connectivity index (χ3n) is 7.64. The van der Waals surface area contributed by atoms with E-state index in [-0.39, 0.29) is 42.0 Å². The van der Waals surface area contributed by atoms with Crippen LogP contribution in [0.25, 0.3) is 6.08 Å². The SMILES string of the molecule is C/C=C/c1ccc2n(c1=O)C[C@H]1[C@H](CO)[C@@H](C(=O)N3CCc4ccccc4C3)[C@@H]2N1CC. The number of rotatable bonds is 4. The van der Waals surface area contributed by atoms with Crippen LogP contribution >= 0.6 is 0 Å². The van der Waals surface area contributed by atoms with E-state index in [9.17, 15) is 14.7 Å². The molecule has 32 heavy (non-hydrogen) atoms. The first-order valence-corrected chi connectivity index (χ1v) is 11.7. The maximum Gasteiger partial charge on any atom is 0.258 e. The van der Waals surface area contributed by atoms with E-state index in [2.05, 4.69) is 24.0 Å². The maximum atomic E-state index is 13.9. The molecule has 1 N–H and O–H groups in total. The molecule has 6 nitrogen and oxygen atoms in total. The summed E-state index contributed by atoms with van der Waals surface area (Å²) in [6, 6.07) is 12.0. The number of aliphatic hydroxyl groups excluding tert-OH is 1. The molecule has 1 aromatic heterocycles. The minimum atomic E-state index is -0.351. The molecule has 1 saturated heterocycles. The highest BCUT2D eigenvalue weighted by atomic mass is 16.3. The van der Waals surface area contributed by atoms with Gasteiger partial charge in [-0.05, 0) is 43.1 Å². The number of hydrogen-bond acceptors (Lipinski definition) is 4. The molecule has 3 aliphatic heterocycles. The van der Waals surface area contributed by atoms with Gasteiger partial charge in [0.05, 0.1) is 12.0 Å². The van der Waals surface area contributed by atoms with Crippen LogP contribution in [0.5, 0.6) is 0 Å². The number of aromatic nitrogens is 1. The summed E-state index contributed by atoms with van der Waals surface area (Å²) in [6.45, 7) is 6.55. The van der Waals surface area contributed by atoms with Gasteiger partial charge in [-0.25, -0.2) is 0 Å². The third kappa shape index (κ3) is 3.16. The number of carbonyl (C=O) groups is 1. The first kappa shape index (κ1) is 21.2. The van der Waals surface area contributed by atoms with Gasteiger partial charge in [-0.1, -0.05) is 43.3 Å². The summed E-state index contributed by atoms with van der Waals surface area (Å²) in [5, 5.41) is 10.4. The van der Waals surface area contributed by atoms with Gasteiger partial charge in [0.25, 0.3) is 5.56 Å². The van der Waals surface area contributed by atoms with Crippen LogP contribution in [0.1, 0.15) is 42.3 Å². The zero-order valence-electron chi connectivity index (χ0n) is 18.8. The van der Waals surface area contributed by atoms with Crippen LogP contribution in [0.2, 0.25) is 0 Å². The molecule has 4 atom stereocenters. The average Bonchev–Trinajstić information content (AvgIpc) is 3.05. The molecule has 1 aromatic carbocycles. The van der Waals surface area contributed by atoms with E-state index in [0.29, 0.717) is 25.2 Å². The predicted molar refractivity (Wildman–Crippen MR) is 124 cm³/mol. The van der Waals surface area contributed by atoms with E-state index in [1.165, 1.54) is 11.1 Å². The highest BCUT2D eigenvalue weighted by Crippen LogP contribution is 2.48. The molecule has 0 aliphatic carbocycles. The lowest BCUT2D eigenvalue weighted by Crippen LogP contribution is -2.46. The van der Waals surface area contributed by atoms with Crippen molar-refractivity contribution in [3.63, 3.8) is 0 Å². The number of hydrogen-bond donors (Lipinski definition) is 1. The molecule has 4 heterocycles. The van der Waals surface area contributed by atoms with Crippen LogP contribution in [0, 0.1) is 11.8 Å². The van der Waals surface area contributed by atoms with Crippen molar-refractivity contribution in [1.29, 1.82) is 0 Å². The van der Waals surface area contributed by atoms with Gasteiger partial charge in [0, 0.05) is 49.5 Å². The molecule has 1 fully saturated rings. The second-order valence-electron chi connectivity index (χ2n) is 9.12. The fourth-order valence-corrected chi connectivity index (χ4v) is 6.15. The lowest BCUT2D eigenvalue weighted by Gasteiger charge is -2.38. The van der Waals surface area contributed by atoms with Gasteiger partial charge < -0.3 is 14.6 Å². The van der Waals surface area contributed by atoms with Gasteiger partial charge in [-0.2, -0.15) is 0 Å². The predicted octanol–water partition coefficient (Wildman–Crippen LogP) is 2.45. The van der Waals surface area contributed by atoms with Crippen molar-refractivity contribution in [2.24, 2.45) is 11.8 Å². The first-order valence-electron chi connectivity index (χ1n) is 11.7. The fraction of sp³-hybridized carbons (Fsp3) is 0.462. The summed E-state index contributed by atoms with van der Waals surface area (Å²) in [5.41, 5.74) is 4.06. The number of amides is 1. The highest BCUT2D eigenvalue weighted by molar-refractivity contribution is 5.81. The number of pyridine rings is 1. The monoisotopic (exact) mass is 433 g/mol. The van der Waals surface area contributed by atoms with Crippen molar-refractivity contribution < 1.29 is 9.90 Å². The molecule has 2 aromatic rings. The van der Waals surface area contributed by atoms with E-state index >= 15 is 0 Å². The van der Waals surface area contributed by atoms with Crippen LogP contribution < -0.4 is 5.56 Å². The summed E-state index contributed by atoms with van der Waals surface area (Å²) in [4.78, 5) is 31.4. The van der Waals surface area contributed by atoms with Crippen molar-refractivity contribution >= 4 is 12.0 Å². The van der Waals surface area contributed by atoms with Gasteiger partial charge in [0.1, 0.15) is 0 Å². The van der Waals surface area contributed by atoms with Crippen molar-refractivity contribution in [2.45, 2.75) is 45.4 Å². The largest absolute Gasteiger partial charge is 0.396 e. The topological polar surface area (TPSA) is 65.8 Å². The van der Waals surface area contributed by atoms with E-state index in [0.717, 1.165) is 18.7 Å². The van der Waals surface area contributed by atoms with Crippen molar-refractivity contribution in [2.75, 3.05) is 19.7 Å². The standard InChI is InChI=1S/C26H31N3O3/c1-3-7-18-10-11-21-24-23(20(16-30)22(28(24)4-2)15-29(21)25(18)31)26(32)27-13-12-17-8-5-6-9-19(17)14-27/h3,5-11,20,22-24,30H,4,12-16H2,1-2H3/b7-3+/t20-,22-,23+,24+/m0/s1. The third-order valence-corrected chi connectivity index (χ3v) is 7.64. The summed E-state index contributed by atoms with van der Waals surface area (Å²) >= 11 is 0. The highest BCUT2D eigenvalue weighted by Gasteiger charge is 2.56. The van der Waals surface area contributed by atoms with Gasteiger partial charge in [-0.15, -0.1) is 0 Å². The number of fused-ring (bicyclic) bond motifs is 5. The molecule has 0 radical (unpaired) electrons. The summed E-state index contributed by atoms with van der Waals surface area (Å²) < 4.78 is 1.85. The number of nitrogens with zero attached hydrogens (tertiary/aromatic N) is 3. The van der Waals surface area contributed by atoms with E-state index in [1.807, 2.05) is 52.8 Å². The van der Waals surface area contributed by atoms with Crippen molar-refractivity contribution in [3.8, 4) is 0 Å². The minimum Gasteiger partial charge on any atom is -0.396 e. The number of likely N-dealkylation sites (N-methyl/N-ethyl adjacent to an activating group) is 1. The summed E-state index contributed by atoms with van der Waals surface area (Å²) in [7, 11) is 0. The quantitative estimate of drug-likeness (QED) is 0.805. The molecule has 0 spiro atoms. The number of aliphatic hydroxyl groups is 1. The Morgan fingerprint density at radius 2 is 1.97 bits per heavy atom. The molecular formula is C26H31N3O3. The van der Waals surface area contributed by atoms with Crippen molar-refractivity contribution in [3.05, 3.63) is 75.2 Å². The number of carbonyl (C=O) groups excluding carboxylic acids is 1. The Morgan fingerprint density at radius 1 is 1.19 bits per heavy atom. The van der Waals surface area contributed by atoms with Crippen LogP contribution in [-0.4, -0.2) is 51.1 Å². The Balaban J connectivity index is 1.55. The Hall–Kier alpha value is -2.70. The van der Waals surface area contributed by atoms with Crippen molar-refractivity contribution in [1.82, 2.24) is 14.4 Å². The Morgan fingerprint density at radius 3 is 2.69 bits per heavy atom. The summed E-state index contributed by atoms with van der Waals surface area (Å²) in [6.07, 6.45) is 4.56. The van der Waals surface area contributed by atoms with E-state index in [1.54, 1.807) is 0 Å². The van der Waals surface area contributed by atoms with Crippen LogP contribution in [0.15, 0.2) is 47.3 Å². The van der Waals surface area contributed by atoms with Gasteiger partial charge in [0.2, 0.25) is 5.91 Å². The molecule has 0 unspecified atom stereocenters. The summed E-state index contributed by atoms with van der Waals surface area (Å²) in [5.74, 6) is -0.437. The molecule has 168 valence electrons. The fourth-order valence-electron chi connectivity index (χ4n) is 6.15. The van der Waals surface area contributed by atoms with E-state index in [4.69, 9.17) is 0 Å². The number of benzene rings is 1. The minimum absolute atomic E-state index is 0.0111. The van der Waals surface area contributed by atoms with Gasteiger partial charge in [0.15, 0.2) is 0 Å². The van der Waals surface area contributed by atoms with Crippen LogP contribution in [-0.2, 0) is 24.3 Å². The molecule has 6 heteroatoms. The molecule has 5 rings (SSSR count). The molecule has 2 bridgehead atoms. The zero-order valence-corrected chi connectivity index (χ0v) is 18.8. The Labute approximate surface area is 188 Å². The Kier molecular flexibility index (Phi) is 5.51. The smallest absolute Gasteiger partial charge is 0.258 e. The zero-order chi connectivity index (χ0) is 22.4. The van der Waals surface area contributed by atoms with Crippen LogP contribution in [0.4, 0.5) is 0 Å². The lowest BCUT2D eigenvalue weighted by molar-refractivity contribution is -0.139. The molecule has 3 aliphatic rings. The Bertz CT molecular complexity index is 1120. The molecule has 0 saturated carbocycles. The number of allylic oxidation sites excluding steroid dienone is 1. The molecular weight excluding hydrogens is 402 g/mol. The second-order valence-corrected chi connectivity index (χ2v) is 9.12. The first-order chi connectivity index (χ1) is 15.6. The van der Waals surface area contributed by atoms with E-state index < -0.39 is 0 Å². The maximum absolute atomic E-state index is 13.9. The van der Waals surface area contributed by atoms with Crippen LogP contribution in [0.3, 0.4) is 0 Å². The lowest BCUT2D eigenvalue weighted by atomic mass is 9.85. The van der Waals surface area contributed by atoms with Gasteiger partial charge in [-0.3, -0.25) is 14.5 Å². The molecule has 1 amide bonds. The second kappa shape index (κ2) is 8.34. The van der Waals surface area contributed by atoms with Gasteiger partial charge >= 0.3 is 0 Å². The average molecular weight is 434 g/mol. The normalized spacial score (nSPS) is 26.9.